The summed E-state index contributed by atoms with van der Waals surface area (Å²) in [5.41, 5.74) is 0. The van der Waals surface area contributed by atoms with Gasteiger partial charge in [-0.2, -0.15) is 0 Å². The Kier molecular flexibility index (Phi) is 13.1. The third kappa shape index (κ3) is 9.35. The van der Waals surface area contributed by atoms with Crippen LogP contribution in [0.25, 0.3) is 0 Å². The summed E-state index contributed by atoms with van der Waals surface area (Å²) < 4.78 is 10.4. The zero-order valence-corrected chi connectivity index (χ0v) is 17.9. The monoisotopic (exact) mass is 396 g/mol. The van der Waals surface area contributed by atoms with Crippen molar-refractivity contribution in [2.45, 2.75) is 89.9 Å². The Morgan fingerprint density at radius 3 is 2.61 bits per heavy atom. The summed E-state index contributed by atoms with van der Waals surface area (Å²) in [7, 11) is 1.40. The molecule has 2 N–H and O–H groups in total. The van der Waals surface area contributed by atoms with Crippen LogP contribution in [-0.2, 0) is 14.3 Å². The summed E-state index contributed by atoms with van der Waals surface area (Å²) in [6.07, 6.45) is 15.0. The molecule has 0 saturated heterocycles. The van der Waals surface area contributed by atoms with Crippen LogP contribution in [0.3, 0.4) is 0 Å². The number of aliphatic hydroxyl groups excluding tert-OH is 2. The maximum absolute atomic E-state index is 11.1. The van der Waals surface area contributed by atoms with E-state index in [1.54, 1.807) is 0 Å². The first kappa shape index (κ1) is 24.9. The van der Waals surface area contributed by atoms with Gasteiger partial charge in [0.25, 0.3) is 0 Å². The quantitative estimate of drug-likeness (QED) is 0.262. The Morgan fingerprint density at radius 2 is 1.93 bits per heavy atom. The summed E-state index contributed by atoms with van der Waals surface area (Å²) in [6, 6.07) is 0. The van der Waals surface area contributed by atoms with Gasteiger partial charge in [-0.3, -0.25) is 4.79 Å². The standard InChI is InChI=1S/C23H40O5/c1-4-6-9-12-18(28-5-2)15-16-20-19(21(24)17-22(20)25)13-10-7-8-11-14-23(26)27-3/h7,10,15-16,18-22,24-25H,4-6,8-9,11-14,17H2,1-3H3. The molecule has 0 spiro atoms. The lowest BCUT2D eigenvalue weighted by Gasteiger charge is -2.20. The molecule has 5 unspecified atom stereocenters. The molecule has 1 saturated carbocycles. The topological polar surface area (TPSA) is 76.0 Å². The molecule has 1 aliphatic rings. The molecule has 0 bridgehead atoms. The number of unbranched alkanes of at least 4 members (excludes halogenated alkanes) is 3. The fraction of sp³-hybridized carbons (Fsp3) is 0.783. The van der Waals surface area contributed by atoms with Crippen molar-refractivity contribution in [1.29, 1.82) is 0 Å². The molecule has 0 aromatic carbocycles. The minimum atomic E-state index is -0.512. The minimum Gasteiger partial charge on any atom is -0.469 e. The van der Waals surface area contributed by atoms with Crippen LogP contribution < -0.4 is 0 Å². The van der Waals surface area contributed by atoms with Gasteiger partial charge >= 0.3 is 5.97 Å². The first-order valence-electron chi connectivity index (χ1n) is 10.9. The molecule has 0 heterocycles. The summed E-state index contributed by atoms with van der Waals surface area (Å²) in [5, 5.41) is 20.7. The predicted molar refractivity (Wildman–Crippen MR) is 112 cm³/mol. The largest absolute Gasteiger partial charge is 0.469 e. The van der Waals surface area contributed by atoms with Gasteiger partial charge in [0.05, 0.1) is 25.4 Å². The fourth-order valence-corrected chi connectivity index (χ4v) is 3.84. The van der Waals surface area contributed by atoms with Crippen LogP contribution in [0.4, 0.5) is 0 Å². The zero-order valence-electron chi connectivity index (χ0n) is 17.9. The van der Waals surface area contributed by atoms with Crippen molar-refractivity contribution in [3.63, 3.8) is 0 Å². The Bertz CT molecular complexity index is 474. The Hall–Kier alpha value is -1.17. The molecule has 0 radical (unpaired) electrons. The van der Waals surface area contributed by atoms with E-state index in [1.807, 2.05) is 6.92 Å². The van der Waals surface area contributed by atoms with Gasteiger partial charge in [0.1, 0.15) is 0 Å². The number of ether oxygens (including phenoxy) is 2. The van der Waals surface area contributed by atoms with E-state index in [9.17, 15) is 15.0 Å². The van der Waals surface area contributed by atoms with E-state index in [-0.39, 0.29) is 23.9 Å². The summed E-state index contributed by atoms with van der Waals surface area (Å²) in [5.74, 6) is -0.222. The number of allylic oxidation sites excluding steroid dienone is 2. The number of hydrogen-bond acceptors (Lipinski definition) is 5. The molecular weight excluding hydrogens is 356 g/mol. The van der Waals surface area contributed by atoms with Gasteiger partial charge in [0, 0.05) is 25.4 Å². The SMILES string of the molecule is CCCCCC(C=CC1C(O)CC(O)C1CC=CCCCC(=O)OC)OCC. The maximum Gasteiger partial charge on any atom is 0.305 e. The molecule has 28 heavy (non-hydrogen) atoms. The van der Waals surface area contributed by atoms with Gasteiger partial charge in [-0.1, -0.05) is 50.5 Å². The molecule has 162 valence electrons. The highest BCUT2D eigenvalue weighted by Gasteiger charge is 2.39. The number of rotatable bonds is 14. The van der Waals surface area contributed by atoms with Crippen LogP contribution in [0.5, 0.6) is 0 Å². The van der Waals surface area contributed by atoms with Crippen molar-refractivity contribution in [1.82, 2.24) is 0 Å². The second-order valence-electron chi connectivity index (χ2n) is 7.66. The molecular formula is C23H40O5. The Morgan fingerprint density at radius 1 is 1.14 bits per heavy atom. The van der Waals surface area contributed by atoms with Crippen molar-refractivity contribution in [3.05, 3.63) is 24.3 Å². The normalized spacial score (nSPS) is 26.3. The lowest BCUT2D eigenvalue weighted by Crippen LogP contribution is -2.21. The molecule has 0 amide bonds. The molecule has 0 aliphatic heterocycles. The zero-order chi connectivity index (χ0) is 20.8. The third-order valence-corrected chi connectivity index (χ3v) is 5.49. The molecule has 0 aromatic heterocycles. The Labute approximate surface area is 170 Å². The van der Waals surface area contributed by atoms with Crippen LogP contribution in [-0.4, -0.2) is 48.2 Å². The van der Waals surface area contributed by atoms with E-state index < -0.39 is 12.2 Å². The molecule has 1 fully saturated rings. The fourth-order valence-electron chi connectivity index (χ4n) is 3.84. The van der Waals surface area contributed by atoms with Crippen LogP contribution >= 0.6 is 0 Å². The minimum absolute atomic E-state index is 0.0148. The summed E-state index contributed by atoms with van der Waals surface area (Å²) in [6.45, 7) is 4.87. The molecule has 1 aliphatic carbocycles. The number of carbonyl (C=O) groups is 1. The van der Waals surface area contributed by atoms with Crippen molar-refractivity contribution < 1.29 is 24.5 Å². The van der Waals surface area contributed by atoms with Gasteiger partial charge in [0.15, 0.2) is 0 Å². The average molecular weight is 397 g/mol. The predicted octanol–water partition coefficient (Wildman–Crippen LogP) is 4.18. The van der Waals surface area contributed by atoms with Gasteiger partial charge in [0.2, 0.25) is 0 Å². The molecule has 0 aromatic rings. The smallest absolute Gasteiger partial charge is 0.305 e. The van der Waals surface area contributed by atoms with Crippen molar-refractivity contribution in [2.24, 2.45) is 11.8 Å². The first-order valence-corrected chi connectivity index (χ1v) is 10.9. The van der Waals surface area contributed by atoms with Crippen LogP contribution in [0.2, 0.25) is 0 Å². The van der Waals surface area contributed by atoms with E-state index in [0.717, 1.165) is 32.1 Å². The van der Waals surface area contributed by atoms with Gasteiger partial charge in [-0.15, -0.1) is 0 Å². The molecule has 5 atom stereocenters. The number of hydrogen-bond donors (Lipinski definition) is 2. The third-order valence-electron chi connectivity index (χ3n) is 5.49. The highest BCUT2D eigenvalue weighted by atomic mass is 16.5. The van der Waals surface area contributed by atoms with Gasteiger partial charge in [-0.05, 0) is 38.5 Å². The second-order valence-corrected chi connectivity index (χ2v) is 7.66. The van der Waals surface area contributed by atoms with E-state index in [0.29, 0.717) is 19.4 Å². The molecule has 1 rings (SSSR count). The lowest BCUT2D eigenvalue weighted by atomic mass is 9.89. The van der Waals surface area contributed by atoms with Crippen molar-refractivity contribution in [2.75, 3.05) is 13.7 Å². The van der Waals surface area contributed by atoms with E-state index in [1.165, 1.54) is 20.0 Å². The van der Waals surface area contributed by atoms with Gasteiger partial charge < -0.3 is 19.7 Å². The molecule has 5 heteroatoms. The van der Waals surface area contributed by atoms with Crippen LogP contribution in [0.15, 0.2) is 24.3 Å². The summed E-state index contributed by atoms with van der Waals surface area (Å²) >= 11 is 0. The lowest BCUT2D eigenvalue weighted by molar-refractivity contribution is -0.140. The van der Waals surface area contributed by atoms with Gasteiger partial charge in [-0.25, -0.2) is 0 Å². The number of aliphatic hydroxyl groups is 2. The Balaban J connectivity index is 2.55. The van der Waals surface area contributed by atoms with E-state index in [4.69, 9.17) is 4.74 Å². The van der Waals surface area contributed by atoms with Crippen LogP contribution in [0, 0.1) is 11.8 Å². The number of methoxy groups -OCH3 is 1. The second kappa shape index (κ2) is 14.8. The average Bonchev–Trinajstić information content (AvgIpc) is 2.95. The number of esters is 1. The van der Waals surface area contributed by atoms with Crippen molar-refractivity contribution in [3.8, 4) is 0 Å². The maximum atomic E-state index is 11.1. The van der Waals surface area contributed by atoms with E-state index in [2.05, 4.69) is 36.0 Å². The number of carbonyl (C=O) groups excluding carboxylic acids is 1. The highest BCUT2D eigenvalue weighted by molar-refractivity contribution is 5.69. The van der Waals surface area contributed by atoms with E-state index >= 15 is 0 Å². The molecule has 5 nitrogen and oxygen atoms in total. The first-order chi connectivity index (χ1) is 13.5. The highest BCUT2D eigenvalue weighted by Crippen LogP contribution is 2.36. The van der Waals surface area contributed by atoms with Crippen molar-refractivity contribution >= 4 is 5.97 Å². The van der Waals surface area contributed by atoms with Crippen LogP contribution in [0.1, 0.15) is 71.6 Å². The summed E-state index contributed by atoms with van der Waals surface area (Å²) in [4.78, 5) is 11.1.